The van der Waals surface area contributed by atoms with E-state index in [1.54, 1.807) is 0 Å². The number of nitrogens with two attached hydrogens (primary N) is 1. The number of amides is 1. The number of carbonyl (C=O) groups excluding carboxylic acids is 2. The third-order valence-electron chi connectivity index (χ3n) is 3.05. The van der Waals surface area contributed by atoms with Gasteiger partial charge in [-0.2, -0.15) is 0 Å². The minimum absolute atomic E-state index is 0.00363. The normalized spacial score (nSPS) is 12.5. The van der Waals surface area contributed by atoms with Crippen LogP contribution in [0.5, 0.6) is 0 Å². The number of esters is 1. The molecule has 3 N–H and O–H groups in total. The van der Waals surface area contributed by atoms with E-state index in [1.807, 2.05) is 0 Å². The topological polar surface area (TPSA) is 125 Å². The Bertz CT molecular complexity index is 683. The number of hydrogen-bond donors (Lipinski definition) is 2. The van der Waals surface area contributed by atoms with Crippen molar-refractivity contribution in [3.63, 3.8) is 0 Å². The first-order valence-electron chi connectivity index (χ1n) is 6.67. The third-order valence-corrected chi connectivity index (χ3v) is 4.14. The Morgan fingerprint density at radius 3 is 2.39 bits per heavy atom. The highest BCUT2D eigenvalue weighted by Gasteiger charge is 2.17. The fourth-order valence-corrected chi connectivity index (χ4v) is 2.48. The summed E-state index contributed by atoms with van der Waals surface area (Å²) < 4.78 is 33.0. The maximum absolute atomic E-state index is 11.9. The molecule has 23 heavy (non-hydrogen) atoms. The molecular weight excluding hydrogens is 324 g/mol. The molecule has 0 saturated carbocycles. The predicted molar refractivity (Wildman–Crippen MR) is 84.0 cm³/mol. The van der Waals surface area contributed by atoms with Crippen molar-refractivity contribution >= 4 is 27.4 Å². The summed E-state index contributed by atoms with van der Waals surface area (Å²) in [6, 6.07) is 3.79. The lowest BCUT2D eigenvalue weighted by molar-refractivity contribution is -0.118. The fraction of sp³-hybridized carbons (Fsp3) is 0.429. The van der Waals surface area contributed by atoms with Crippen LogP contribution in [-0.2, 0) is 24.1 Å². The van der Waals surface area contributed by atoms with Gasteiger partial charge in [0, 0.05) is 25.6 Å². The Morgan fingerprint density at radius 1 is 1.26 bits per heavy atom. The fourth-order valence-electron chi connectivity index (χ4n) is 1.80. The highest BCUT2D eigenvalue weighted by molar-refractivity contribution is 7.90. The monoisotopic (exact) mass is 344 g/mol. The maximum atomic E-state index is 11.9. The first kappa shape index (κ1) is 19.1. The Morgan fingerprint density at radius 2 is 1.91 bits per heavy atom. The number of sulfone groups is 1. The summed E-state index contributed by atoms with van der Waals surface area (Å²) in [5, 5.41) is 2.53. The zero-order valence-corrected chi connectivity index (χ0v) is 14.0. The molecule has 8 nitrogen and oxygen atoms in total. The van der Waals surface area contributed by atoms with Crippen LogP contribution in [0.1, 0.15) is 16.8 Å². The molecule has 0 bridgehead atoms. The zero-order chi connectivity index (χ0) is 17.6. The highest BCUT2D eigenvalue weighted by atomic mass is 32.2. The molecule has 1 amide bonds. The minimum Gasteiger partial charge on any atom is -0.465 e. The Hall–Kier alpha value is -1.97. The van der Waals surface area contributed by atoms with E-state index in [0.717, 1.165) is 6.26 Å². The smallest absolute Gasteiger partial charge is 0.337 e. The molecule has 128 valence electrons. The third kappa shape index (κ3) is 5.62. The molecule has 0 spiro atoms. The van der Waals surface area contributed by atoms with Gasteiger partial charge < -0.3 is 20.5 Å². The lowest BCUT2D eigenvalue weighted by atomic mass is 10.2. The van der Waals surface area contributed by atoms with Crippen molar-refractivity contribution < 1.29 is 27.5 Å². The second-order valence-corrected chi connectivity index (χ2v) is 6.87. The number of ether oxygens (including phenoxy) is 2. The minimum atomic E-state index is -3.56. The number of hydrogen-bond acceptors (Lipinski definition) is 7. The summed E-state index contributed by atoms with van der Waals surface area (Å²) in [5.41, 5.74) is 5.64. The molecular formula is C14H20N2O6S. The van der Waals surface area contributed by atoms with Gasteiger partial charge >= 0.3 is 5.97 Å². The summed E-state index contributed by atoms with van der Waals surface area (Å²) in [5.74, 6) is -1.12. The molecule has 0 aromatic heterocycles. The second-order valence-electron chi connectivity index (χ2n) is 4.86. The van der Waals surface area contributed by atoms with E-state index in [2.05, 4.69) is 10.1 Å². The van der Waals surface area contributed by atoms with E-state index in [4.69, 9.17) is 10.5 Å². The van der Waals surface area contributed by atoms with Crippen LogP contribution in [0.2, 0.25) is 0 Å². The van der Waals surface area contributed by atoms with Crippen LogP contribution in [0.25, 0.3) is 0 Å². The molecule has 1 atom stereocenters. The van der Waals surface area contributed by atoms with E-state index in [-0.39, 0.29) is 29.1 Å². The van der Waals surface area contributed by atoms with Gasteiger partial charge in [0.1, 0.15) is 0 Å². The number of nitrogens with one attached hydrogen (secondary N) is 1. The van der Waals surface area contributed by atoms with Crippen molar-refractivity contribution in [1.82, 2.24) is 0 Å². The Labute approximate surface area is 134 Å². The molecule has 0 aliphatic carbocycles. The quantitative estimate of drug-likeness (QED) is 0.676. The molecule has 1 unspecified atom stereocenters. The van der Waals surface area contributed by atoms with Crippen LogP contribution in [0.4, 0.5) is 5.69 Å². The van der Waals surface area contributed by atoms with Crippen molar-refractivity contribution in [1.29, 1.82) is 0 Å². The molecule has 1 aromatic carbocycles. The largest absolute Gasteiger partial charge is 0.465 e. The average molecular weight is 344 g/mol. The first-order chi connectivity index (χ1) is 10.7. The average Bonchev–Trinajstić information content (AvgIpc) is 2.50. The molecule has 0 fully saturated rings. The molecule has 1 aromatic rings. The van der Waals surface area contributed by atoms with Gasteiger partial charge in [-0.3, -0.25) is 4.79 Å². The molecule has 0 saturated heterocycles. The second kappa shape index (κ2) is 8.04. The number of anilines is 1. The SMILES string of the molecule is COC(=O)c1cc(NC(=O)CC(CN)OC)cc(S(C)(=O)=O)c1. The van der Waals surface area contributed by atoms with Crippen molar-refractivity contribution in [2.24, 2.45) is 5.73 Å². The van der Waals surface area contributed by atoms with Gasteiger partial charge in [-0.05, 0) is 18.2 Å². The molecule has 0 heterocycles. The predicted octanol–water partition coefficient (Wildman–Crippen LogP) is 0.179. The van der Waals surface area contributed by atoms with Crippen molar-refractivity contribution in [2.45, 2.75) is 17.4 Å². The molecule has 9 heteroatoms. The highest BCUT2D eigenvalue weighted by Crippen LogP contribution is 2.20. The van der Waals surface area contributed by atoms with E-state index in [9.17, 15) is 18.0 Å². The van der Waals surface area contributed by atoms with Crippen LogP contribution < -0.4 is 11.1 Å². The Kier molecular flexibility index (Phi) is 6.67. The van der Waals surface area contributed by atoms with Crippen molar-refractivity contribution in [3.05, 3.63) is 23.8 Å². The van der Waals surface area contributed by atoms with Crippen molar-refractivity contribution in [3.8, 4) is 0 Å². The summed E-state index contributed by atoms with van der Waals surface area (Å²) in [4.78, 5) is 23.5. The van der Waals surface area contributed by atoms with Crippen LogP contribution in [0.3, 0.4) is 0 Å². The molecule has 0 aliphatic heterocycles. The zero-order valence-electron chi connectivity index (χ0n) is 13.2. The summed E-state index contributed by atoms with van der Waals surface area (Å²) in [6.45, 7) is 0.167. The van der Waals surface area contributed by atoms with Crippen LogP contribution in [0, 0.1) is 0 Å². The Balaban J connectivity index is 3.10. The van der Waals surface area contributed by atoms with E-state index in [0.29, 0.717) is 0 Å². The standard InChI is InChI=1S/C14H20N2O6S/c1-21-11(8-15)7-13(17)16-10-4-9(14(18)22-2)5-12(6-10)23(3,19)20/h4-6,11H,7-8,15H2,1-3H3,(H,16,17). The number of methoxy groups -OCH3 is 2. The van der Waals surface area contributed by atoms with Gasteiger partial charge in [0.2, 0.25) is 5.91 Å². The van der Waals surface area contributed by atoms with Crippen molar-refractivity contribution in [2.75, 3.05) is 32.3 Å². The maximum Gasteiger partial charge on any atom is 0.337 e. The van der Waals surface area contributed by atoms with Gasteiger partial charge in [-0.1, -0.05) is 0 Å². The van der Waals surface area contributed by atoms with E-state index in [1.165, 1.54) is 32.4 Å². The molecule has 0 radical (unpaired) electrons. The number of carbonyl (C=O) groups is 2. The summed E-state index contributed by atoms with van der Waals surface area (Å²) in [7, 11) is -0.948. The van der Waals surface area contributed by atoms with Gasteiger partial charge in [-0.15, -0.1) is 0 Å². The number of rotatable bonds is 7. The van der Waals surface area contributed by atoms with Crippen LogP contribution in [0.15, 0.2) is 23.1 Å². The van der Waals surface area contributed by atoms with Gasteiger partial charge in [0.05, 0.1) is 30.1 Å². The lowest BCUT2D eigenvalue weighted by Crippen LogP contribution is -2.28. The summed E-state index contributed by atoms with van der Waals surface area (Å²) in [6.07, 6.45) is 0.557. The van der Waals surface area contributed by atoms with Gasteiger partial charge in [-0.25, -0.2) is 13.2 Å². The van der Waals surface area contributed by atoms with E-state index < -0.39 is 27.8 Å². The van der Waals surface area contributed by atoms with E-state index >= 15 is 0 Å². The summed E-state index contributed by atoms with van der Waals surface area (Å²) >= 11 is 0. The van der Waals surface area contributed by atoms with Gasteiger partial charge in [0.15, 0.2) is 9.84 Å². The van der Waals surface area contributed by atoms with Gasteiger partial charge in [0.25, 0.3) is 0 Å². The number of benzene rings is 1. The van der Waals surface area contributed by atoms with Crippen LogP contribution >= 0.6 is 0 Å². The molecule has 1 rings (SSSR count). The van der Waals surface area contributed by atoms with Crippen LogP contribution in [-0.4, -0.2) is 53.4 Å². The lowest BCUT2D eigenvalue weighted by Gasteiger charge is -2.13. The molecule has 0 aliphatic rings. The first-order valence-corrected chi connectivity index (χ1v) is 8.56.